The molecule has 0 aliphatic carbocycles. The number of carbonyl (C=O) groups is 1. The summed E-state index contributed by atoms with van der Waals surface area (Å²) in [6.07, 6.45) is 1.72. The highest BCUT2D eigenvalue weighted by atomic mass is 35.5. The van der Waals surface area contributed by atoms with E-state index in [0.29, 0.717) is 5.02 Å². The third kappa shape index (κ3) is 4.12. The Morgan fingerprint density at radius 3 is 2.68 bits per heavy atom. The number of primary amides is 1. The number of amides is 1. The van der Waals surface area contributed by atoms with E-state index in [1.165, 1.54) is 11.3 Å². The van der Waals surface area contributed by atoms with Crippen LogP contribution in [0.3, 0.4) is 0 Å². The van der Waals surface area contributed by atoms with Gasteiger partial charge in [-0.05, 0) is 12.1 Å². The summed E-state index contributed by atoms with van der Waals surface area (Å²) in [7, 11) is 0. The molecular formula is C19H19Cl2N5OS. The van der Waals surface area contributed by atoms with Crippen molar-refractivity contribution in [1.82, 2.24) is 15.3 Å². The molecule has 146 valence electrons. The van der Waals surface area contributed by atoms with Gasteiger partial charge < -0.3 is 16.0 Å². The third-order valence-electron chi connectivity index (χ3n) is 4.48. The van der Waals surface area contributed by atoms with E-state index in [4.69, 9.17) is 22.3 Å². The van der Waals surface area contributed by atoms with Crippen molar-refractivity contribution in [2.45, 2.75) is 0 Å². The van der Waals surface area contributed by atoms with Gasteiger partial charge >= 0.3 is 0 Å². The Balaban J connectivity index is 0.00000225. The Morgan fingerprint density at radius 2 is 1.96 bits per heavy atom. The van der Waals surface area contributed by atoms with Crippen LogP contribution in [0.2, 0.25) is 5.02 Å². The van der Waals surface area contributed by atoms with Gasteiger partial charge in [-0.1, -0.05) is 29.8 Å². The Labute approximate surface area is 178 Å². The highest BCUT2D eigenvalue weighted by molar-refractivity contribution is 7.13. The second-order valence-electron chi connectivity index (χ2n) is 6.21. The number of thiazole rings is 1. The van der Waals surface area contributed by atoms with Gasteiger partial charge in [0.25, 0.3) is 5.91 Å². The van der Waals surface area contributed by atoms with Gasteiger partial charge in [0.15, 0.2) is 0 Å². The fraction of sp³-hybridized carbons (Fsp3) is 0.211. The molecule has 1 aromatic carbocycles. The number of benzene rings is 1. The number of carbonyl (C=O) groups excluding carboxylic acids is 1. The van der Waals surface area contributed by atoms with Crippen LogP contribution in [0.15, 0.2) is 41.9 Å². The first-order valence-electron chi connectivity index (χ1n) is 8.60. The second-order valence-corrected chi connectivity index (χ2v) is 7.47. The summed E-state index contributed by atoms with van der Waals surface area (Å²) < 4.78 is 0. The first-order chi connectivity index (χ1) is 13.1. The second kappa shape index (κ2) is 8.87. The molecule has 1 fully saturated rings. The molecule has 0 saturated carbocycles. The molecule has 0 unspecified atom stereocenters. The van der Waals surface area contributed by atoms with Crippen LogP contribution in [-0.2, 0) is 0 Å². The fourth-order valence-corrected chi connectivity index (χ4v) is 4.18. The predicted octanol–water partition coefficient (Wildman–Crippen LogP) is 3.46. The molecule has 28 heavy (non-hydrogen) atoms. The molecule has 2 aromatic heterocycles. The lowest BCUT2D eigenvalue weighted by molar-refractivity contribution is 0.0995. The standard InChI is InChI=1S/C19H18ClN5OS.ClH/c20-14-4-2-1-3-12(14)16-11-27-19(24-16)13-9-15(18(21)26)23-10-17(13)25-7-5-22-6-8-25;/h1-4,9-11,22H,5-8H2,(H2,21,26);1H. The summed E-state index contributed by atoms with van der Waals surface area (Å²) in [6.45, 7) is 3.54. The maximum atomic E-state index is 11.6. The van der Waals surface area contributed by atoms with Gasteiger partial charge in [0.2, 0.25) is 0 Å². The van der Waals surface area contributed by atoms with Crippen molar-refractivity contribution in [3.8, 4) is 21.8 Å². The van der Waals surface area contributed by atoms with Crippen molar-refractivity contribution >= 4 is 46.9 Å². The summed E-state index contributed by atoms with van der Waals surface area (Å²) in [5.41, 5.74) is 9.20. The molecule has 1 aliphatic rings. The predicted molar refractivity (Wildman–Crippen MR) is 117 cm³/mol. The lowest BCUT2D eigenvalue weighted by Gasteiger charge is -2.30. The highest BCUT2D eigenvalue weighted by Gasteiger charge is 2.20. The van der Waals surface area contributed by atoms with Crippen molar-refractivity contribution < 1.29 is 4.79 Å². The largest absolute Gasteiger partial charge is 0.367 e. The number of nitrogens with zero attached hydrogens (tertiary/aromatic N) is 3. The van der Waals surface area contributed by atoms with Crippen LogP contribution < -0.4 is 16.0 Å². The molecule has 3 heterocycles. The van der Waals surface area contributed by atoms with E-state index in [9.17, 15) is 4.79 Å². The maximum absolute atomic E-state index is 11.6. The van der Waals surface area contributed by atoms with Crippen LogP contribution in [0.4, 0.5) is 5.69 Å². The summed E-state index contributed by atoms with van der Waals surface area (Å²) in [5, 5.41) is 6.78. The number of hydrogen-bond acceptors (Lipinski definition) is 6. The topological polar surface area (TPSA) is 84.1 Å². The van der Waals surface area contributed by atoms with Crippen molar-refractivity contribution in [2.75, 3.05) is 31.1 Å². The van der Waals surface area contributed by atoms with Crippen molar-refractivity contribution in [1.29, 1.82) is 0 Å². The number of nitrogens with two attached hydrogens (primary N) is 1. The summed E-state index contributed by atoms with van der Waals surface area (Å²) >= 11 is 7.82. The minimum Gasteiger partial charge on any atom is -0.367 e. The lowest BCUT2D eigenvalue weighted by atomic mass is 10.1. The van der Waals surface area contributed by atoms with E-state index in [-0.39, 0.29) is 18.1 Å². The zero-order valence-electron chi connectivity index (χ0n) is 14.9. The number of anilines is 1. The number of aromatic nitrogens is 2. The van der Waals surface area contributed by atoms with E-state index in [0.717, 1.165) is 53.7 Å². The van der Waals surface area contributed by atoms with E-state index >= 15 is 0 Å². The number of rotatable bonds is 4. The highest BCUT2D eigenvalue weighted by Crippen LogP contribution is 2.37. The molecule has 4 rings (SSSR count). The lowest BCUT2D eigenvalue weighted by Crippen LogP contribution is -2.43. The summed E-state index contributed by atoms with van der Waals surface area (Å²) in [4.78, 5) is 22.9. The average molecular weight is 436 g/mol. The van der Waals surface area contributed by atoms with Gasteiger partial charge in [-0.25, -0.2) is 9.97 Å². The molecular weight excluding hydrogens is 417 g/mol. The quantitative estimate of drug-likeness (QED) is 0.655. The average Bonchev–Trinajstić information content (AvgIpc) is 3.18. The van der Waals surface area contributed by atoms with Crippen LogP contribution >= 0.6 is 35.3 Å². The van der Waals surface area contributed by atoms with E-state index in [2.05, 4.69) is 15.2 Å². The smallest absolute Gasteiger partial charge is 0.267 e. The van der Waals surface area contributed by atoms with E-state index in [1.54, 1.807) is 12.3 Å². The van der Waals surface area contributed by atoms with Crippen molar-refractivity contribution in [3.63, 3.8) is 0 Å². The zero-order chi connectivity index (χ0) is 18.8. The van der Waals surface area contributed by atoms with Gasteiger partial charge in [-0.2, -0.15) is 0 Å². The minimum absolute atomic E-state index is 0. The normalized spacial score (nSPS) is 13.8. The first kappa shape index (κ1) is 20.5. The van der Waals surface area contributed by atoms with E-state index < -0.39 is 5.91 Å². The fourth-order valence-electron chi connectivity index (χ4n) is 3.10. The minimum atomic E-state index is -0.550. The molecule has 0 radical (unpaired) electrons. The Kier molecular flexibility index (Phi) is 6.51. The van der Waals surface area contributed by atoms with Crippen LogP contribution in [-0.4, -0.2) is 42.1 Å². The molecule has 1 saturated heterocycles. The van der Waals surface area contributed by atoms with Crippen LogP contribution in [0, 0.1) is 0 Å². The van der Waals surface area contributed by atoms with E-state index in [1.807, 2.05) is 29.6 Å². The van der Waals surface area contributed by atoms with Crippen LogP contribution in [0.5, 0.6) is 0 Å². The SMILES string of the molecule is Cl.NC(=O)c1cc(-c2nc(-c3ccccc3Cl)cs2)c(N2CCNCC2)cn1. The van der Waals surface area contributed by atoms with Gasteiger partial charge in [-0.15, -0.1) is 23.7 Å². The van der Waals surface area contributed by atoms with Gasteiger partial charge in [-0.3, -0.25) is 4.79 Å². The summed E-state index contributed by atoms with van der Waals surface area (Å²) in [6, 6.07) is 9.35. The number of halogens is 2. The number of hydrogen-bond donors (Lipinski definition) is 2. The van der Waals surface area contributed by atoms with Gasteiger partial charge in [0.1, 0.15) is 10.7 Å². The number of nitrogens with one attached hydrogen (secondary N) is 1. The van der Waals surface area contributed by atoms with Crippen molar-refractivity contribution in [3.05, 3.63) is 52.6 Å². The molecule has 3 N–H and O–H groups in total. The van der Waals surface area contributed by atoms with Gasteiger partial charge in [0, 0.05) is 47.7 Å². The third-order valence-corrected chi connectivity index (χ3v) is 5.68. The monoisotopic (exact) mass is 435 g/mol. The van der Waals surface area contributed by atoms with Crippen LogP contribution in [0.25, 0.3) is 21.8 Å². The molecule has 0 spiro atoms. The molecule has 3 aromatic rings. The summed E-state index contributed by atoms with van der Waals surface area (Å²) in [5.74, 6) is -0.550. The number of piperazine rings is 1. The molecule has 9 heteroatoms. The molecule has 0 bridgehead atoms. The Morgan fingerprint density at radius 1 is 1.21 bits per heavy atom. The molecule has 1 aliphatic heterocycles. The molecule has 1 amide bonds. The number of pyridine rings is 1. The van der Waals surface area contributed by atoms with Crippen LogP contribution in [0.1, 0.15) is 10.5 Å². The Bertz CT molecular complexity index is 988. The molecule has 0 atom stereocenters. The zero-order valence-corrected chi connectivity index (χ0v) is 17.3. The maximum Gasteiger partial charge on any atom is 0.267 e. The Hall–Kier alpha value is -2.19. The first-order valence-corrected chi connectivity index (χ1v) is 9.85. The van der Waals surface area contributed by atoms with Gasteiger partial charge in [0.05, 0.1) is 17.6 Å². The van der Waals surface area contributed by atoms with Crippen molar-refractivity contribution in [2.24, 2.45) is 5.73 Å². The molecule has 6 nitrogen and oxygen atoms in total.